The zero-order chi connectivity index (χ0) is 24.6. The fraction of sp³-hybridized carbons (Fsp3) is 0.545. The molecule has 1 aromatic carbocycles. The van der Waals surface area contributed by atoms with E-state index >= 15 is 0 Å². The quantitative estimate of drug-likeness (QED) is 0.303. The molecular formula is C22H27N3O8S. The first-order chi connectivity index (χ1) is 16.2. The highest BCUT2D eigenvalue weighted by Crippen LogP contribution is 2.51. The van der Waals surface area contributed by atoms with Crippen LogP contribution in [0.15, 0.2) is 18.2 Å². The molecule has 4 rings (SSSR count). The third kappa shape index (κ3) is 4.27. The van der Waals surface area contributed by atoms with Crippen LogP contribution in [0.2, 0.25) is 0 Å². The number of carbonyl (C=O) groups is 4. The molecule has 2 saturated heterocycles. The van der Waals surface area contributed by atoms with Crippen LogP contribution in [0, 0.1) is 0 Å². The van der Waals surface area contributed by atoms with Gasteiger partial charge in [-0.2, -0.15) is 0 Å². The van der Waals surface area contributed by atoms with Gasteiger partial charge in [-0.05, 0) is 26.3 Å². The molecule has 3 heterocycles. The molecule has 0 radical (unpaired) electrons. The molecule has 2 amide bonds. The first kappa shape index (κ1) is 24.1. The minimum atomic E-state index is -1.07. The van der Waals surface area contributed by atoms with Gasteiger partial charge in [0.25, 0.3) is 0 Å². The van der Waals surface area contributed by atoms with Crippen LogP contribution in [-0.2, 0) is 28.7 Å². The summed E-state index contributed by atoms with van der Waals surface area (Å²) in [4.78, 5) is 51.4. The fourth-order valence-corrected chi connectivity index (χ4v) is 5.84. The number of amides is 2. The number of hydrogen-bond acceptors (Lipinski definition) is 10. The second-order valence-electron chi connectivity index (χ2n) is 8.65. The third-order valence-corrected chi connectivity index (χ3v) is 7.45. The van der Waals surface area contributed by atoms with E-state index in [0.29, 0.717) is 23.5 Å². The standard InChI is InChI=1S/C22H27N3O8S/c1-4-6-13(26)31-10-33-21(29)17-22(2,3)34-20-15(19(28)25(17)20)24-18(27)14(23)11-7-5-8-12-16(11)32-9-30-12/h5,7-8,14-15,17,20H,4,6,9-10,23H2,1-3H3,(H,24,27)/t14?,15-,17+,20-/m1/s1. The monoisotopic (exact) mass is 493 g/mol. The zero-order valence-electron chi connectivity index (χ0n) is 19.1. The van der Waals surface area contributed by atoms with Crippen molar-refractivity contribution in [2.45, 2.75) is 61.9 Å². The summed E-state index contributed by atoms with van der Waals surface area (Å²) >= 11 is 1.38. The molecule has 2 fully saturated rings. The van der Waals surface area contributed by atoms with E-state index in [0.717, 1.165) is 0 Å². The Bertz CT molecular complexity index is 1020. The van der Waals surface area contributed by atoms with Crippen molar-refractivity contribution in [1.82, 2.24) is 10.2 Å². The van der Waals surface area contributed by atoms with Gasteiger partial charge in [0.15, 0.2) is 11.5 Å². The predicted octanol–water partition coefficient (Wildman–Crippen LogP) is 0.806. The van der Waals surface area contributed by atoms with Crippen LogP contribution in [-0.4, -0.2) is 64.4 Å². The zero-order valence-corrected chi connectivity index (χ0v) is 19.9. The van der Waals surface area contributed by atoms with E-state index in [2.05, 4.69) is 5.32 Å². The Labute approximate surface area is 200 Å². The van der Waals surface area contributed by atoms with Crippen molar-refractivity contribution in [3.8, 4) is 11.5 Å². The Hall–Kier alpha value is -2.99. The Morgan fingerprint density at radius 3 is 2.79 bits per heavy atom. The van der Waals surface area contributed by atoms with Gasteiger partial charge in [0.2, 0.25) is 25.4 Å². The van der Waals surface area contributed by atoms with Crippen molar-refractivity contribution >= 4 is 35.5 Å². The van der Waals surface area contributed by atoms with E-state index in [-0.39, 0.29) is 13.2 Å². The molecule has 3 N–H and O–H groups in total. The van der Waals surface area contributed by atoms with Gasteiger partial charge < -0.3 is 34.9 Å². The lowest BCUT2D eigenvalue weighted by molar-refractivity contribution is -0.176. The number of carbonyl (C=O) groups excluding carboxylic acids is 4. The second-order valence-corrected chi connectivity index (χ2v) is 10.4. The summed E-state index contributed by atoms with van der Waals surface area (Å²) in [5.74, 6) is -1.18. The van der Waals surface area contributed by atoms with Gasteiger partial charge in [0.1, 0.15) is 23.5 Å². The molecule has 12 heteroatoms. The molecule has 1 aromatic rings. The number of ether oxygens (including phenoxy) is 4. The Morgan fingerprint density at radius 1 is 1.29 bits per heavy atom. The molecule has 184 valence electrons. The highest BCUT2D eigenvalue weighted by molar-refractivity contribution is 8.01. The van der Waals surface area contributed by atoms with Gasteiger partial charge in [-0.3, -0.25) is 14.4 Å². The molecule has 3 aliphatic heterocycles. The molecule has 34 heavy (non-hydrogen) atoms. The van der Waals surface area contributed by atoms with Crippen LogP contribution in [0.1, 0.15) is 45.2 Å². The summed E-state index contributed by atoms with van der Waals surface area (Å²) in [6.07, 6.45) is 0.844. The Morgan fingerprint density at radius 2 is 2.06 bits per heavy atom. The number of rotatable bonds is 8. The van der Waals surface area contributed by atoms with Gasteiger partial charge in [-0.15, -0.1) is 11.8 Å². The van der Waals surface area contributed by atoms with Crippen molar-refractivity contribution in [2.75, 3.05) is 13.6 Å². The van der Waals surface area contributed by atoms with Gasteiger partial charge >= 0.3 is 11.9 Å². The smallest absolute Gasteiger partial charge is 0.333 e. The Kier molecular flexibility index (Phi) is 6.63. The first-order valence-electron chi connectivity index (χ1n) is 10.9. The predicted molar refractivity (Wildman–Crippen MR) is 119 cm³/mol. The number of thioether (sulfide) groups is 1. The van der Waals surface area contributed by atoms with Gasteiger partial charge in [-0.1, -0.05) is 19.1 Å². The summed E-state index contributed by atoms with van der Waals surface area (Å²) in [6, 6.07) is 2.29. The normalized spacial score (nSPS) is 24.6. The highest BCUT2D eigenvalue weighted by atomic mass is 32.2. The number of β-lactam (4-membered cyclic amide) rings is 1. The van der Waals surface area contributed by atoms with E-state index in [1.807, 2.05) is 20.8 Å². The van der Waals surface area contributed by atoms with E-state index in [1.165, 1.54) is 16.7 Å². The Balaban J connectivity index is 1.38. The minimum Gasteiger partial charge on any atom is -0.454 e. The number of nitrogens with one attached hydrogen (secondary N) is 1. The van der Waals surface area contributed by atoms with Crippen LogP contribution in [0.4, 0.5) is 0 Å². The van der Waals surface area contributed by atoms with Crippen LogP contribution < -0.4 is 20.5 Å². The molecule has 0 bridgehead atoms. The number of esters is 2. The molecule has 0 spiro atoms. The van der Waals surface area contributed by atoms with Crippen LogP contribution >= 0.6 is 11.8 Å². The van der Waals surface area contributed by atoms with Crippen molar-refractivity contribution < 1.29 is 38.1 Å². The minimum absolute atomic E-state index is 0.0415. The van der Waals surface area contributed by atoms with Crippen molar-refractivity contribution in [3.63, 3.8) is 0 Å². The maximum atomic E-state index is 12.9. The number of hydrogen-bond donors (Lipinski definition) is 2. The number of fused-ring (bicyclic) bond motifs is 2. The number of nitrogens with zero attached hydrogens (tertiary/aromatic N) is 1. The summed E-state index contributed by atoms with van der Waals surface area (Å²) in [7, 11) is 0. The van der Waals surface area contributed by atoms with Gasteiger partial charge in [0, 0.05) is 16.7 Å². The summed E-state index contributed by atoms with van der Waals surface area (Å²) in [5, 5.41) is 2.24. The van der Waals surface area contributed by atoms with Crippen molar-refractivity contribution in [1.29, 1.82) is 0 Å². The van der Waals surface area contributed by atoms with E-state index < -0.39 is 58.8 Å². The summed E-state index contributed by atoms with van der Waals surface area (Å²) < 4.78 is 20.1. The topological polar surface area (TPSA) is 146 Å². The van der Waals surface area contributed by atoms with Crippen LogP contribution in [0.25, 0.3) is 0 Å². The highest BCUT2D eigenvalue weighted by Gasteiger charge is 2.64. The van der Waals surface area contributed by atoms with Gasteiger partial charge in [0.05, 0.1) is 0 Å². The van der Waals surface area contributed by atoms with Crippen LogP contribution in [0.3, 0.4) is 0 Å². The summed E-state index contributed by atoms with van der Waals surface area (Å²) in [5.41, 5.74) is 6.61. The molecule has 4 atom stereocenters. The number of benzene rings is 1. The van der Waals surface area contributed by atoms with Crippen LogP contribution in [0.5, 0.6) is 11.5 Å². The number of para-hydroxylation sites is 1. The maximum Gasteiger partial charge on any atom is 0.333 e. The third-order valence-electron chi connectivity index (χ3n) is 5.88. The van der Waals surface area contributed by atoms with Crippen molar-refractivity contribution in [2.24, 2.45) is 5.73 Å². The average molecular weight is 494 g/mol. The maximum absolute atomic E-state index is 12.9. The molecule has 3 aliphatic rings. The lowest BCUT2D eigenvalue weighted by Crippen LogP contribution is -2.71. The van der Waals surface area contributed by atoms with E-state index in [9.17, 15) is 19.2 Å². The first-order valence-corrected chi connectivity index (χ1v) is 11.8. The number of nitrogens with two attached hydrogens (primary N) is 1. The molecule has 0 aromatic heterocycles. The van der Waals surface area contributed by atoms with Gasteiger partial charge in [-0.25, -0.2) is 4.79 Å². The molecule has 11 nitrogen and oxygen atoms in total. The second kappa shape index (κ2) is 9.34. The molecule has 0 aliphatic carbocycles. The lowest BCUT2D eigenvalue weighted by Gasteiger charge is -2.44. The molecule has 1 unspecified atom stereocenters. The fourth-order valence-electron chi connectivity index (χ4n) is 4.22. The molecular weight excluding hydrogens is 466 g/mol. The van der Waals surface area contributed by atoms with E-state index in [1.54, 1.807) is 18.2 Å². The average Bonchev–Trinajstić information content (AvgIpc) is 3.37. The molecule has 0 saturated carbocycles. The largest absolute Gasteiger partial charge is 0.454 e. The van der Waals surface area contributed by atoms with E-state index in [4.69, 9.17) is 24.7 Å². The van der Waals surface area contributed by atoms with Crippen molar-refractivity contribution in [3.05, 3.63) is 23.8 Å². The lowest BCUT2D eigenvalue weighted by atomic mass is 9.95. The SMILES string of the molecule is CCCC(=O)OCOC(=O)[C@@H]1N2C(=O)[C@@H](NC(=O)C(N)c3cccc4c3OCO4)[C@H]2SC1(C)C. The summed E-state index contributed by atoms with van der Waals surface area (Å²) in [6.45, 7) is 4.99.